The van der Waals surface area contributed by atoms with Gasteiger partial charge in [0.1, 0.15) is 0 Å². The topological polar surface area (TPSA) is 69.2 Å². The van der Waals surface area contributed by atoms with Crippen LogP contribution in [0, 0.1) is 38.6 Å². The Morgan fingerprint density at radius 1 is 1.00 bits per heavy atom. The van der Waals surface area contributed by atoms with Gasteiger partial charge in [-0.05, 0) is 0 Å². The van der Waals surface area contributed by atoms with Gasteiger partial charge in [-0.2, -0.15) is 0 Å². The van der Waals surface area contributed by atoms with Crippen LogP contribution in [0.3, 0.4) is 0 Å². The van der Waals surface area contributed by atoms with E-state index in [1.54, 1.807) is 0 Å². The van der Waals surface area contributed by atoms with Crippen LogP contribution in [-0.2, 0) is 0 Å². The van der Waals surface area contributed by atoms with E-state index >= 15 is 0 Å². The van der Waals surface area contributed by atoms with E-state index in [0.29, 0.717) is 0 Å². The Balaban J connectivity index is -0.0000000450. The quantitative estimate of drug-likeness (QED) is 0.395. The third-order valence-corrected chi connectivity index (χ3v) is 0. The van der Waals surface area contributed by atoms with E-state index in [4.69, 9.17) is 15.1 Å². The summed E-state index contributed by atoms with van der Waals surface area (Å²) in [6, 6.07) is 0. The molecule has 0 bridgehead atoms. The molecule has 0 N–H and O–H groups in total. The maximum absolute atomic E-state index is 8.42. The van der Waals surface area contributed by atoms with Crippen molar-refractivity contribution >= 4 is 7.32 Å². The molecule has 0 amide bonds. The van der Waals surface area contributed by atoms with Gasteiger partial charge < -0.3 is 15.1 Å². The zero-order chi connectivity index (χ0) is 3.58. The van der Waals surface area contributed by atoms with Gasteiger partial charge in [-0.3, -0.25) is 7.32 Å². The Labute approximate surface area is 89.0 Å². The van der Waals surface area contributed by atoms with Gasteiger partial charge in [0.2, 0.25) is 0 Å². The van der Waals surface area contributed by atoms with Crippen molar-refractivity contribution < 1.29 is 83.2 Å². The Morgan fingerprint density at radius 3 is 1.00 bits per heavy atom. The van der Waals surface area contributed by atoms with Crippen LogP contribution in [0.25, 0.3) is 0 Å². The van der Waals surface area contributed by atoms with Gasteiger partial charge in [-0.15, -0.1) is 0 Å². The van der Waals surface area contributed by atoms with Crippen molar-refractivity contribution in [1.29, 1.82) is 0 Å². The monoisotopic (exact) mass is 241 g/mol. The van der Waals surface area contributed by atoms with Crippen molar-refractivity contribution in [2.75, 3.05) is 0 Å². The van der Waals surface area contributed by atoms with Gasteiger partial charge in [0.05, 0.1) is 0 Å². The van der Waals surface area contributed by atoms with Crippen molar-refractivity contribution in [2.24, 2.45) is 0 Å². The maximum Gasteiger partial charge on any atom is 3.00 e. The first-order valence-corrected chi connectivity index (χ1v) is 0.707. The van der Waals surface area contributed by atoms with Gasteiger partial charge in [0, 0.05) is 0 Å². The Kier molecular flexibility index (Phi) is 26.9. The summed E-state index contributed by atoms with van der Waals surface area (Å²) in [6.45, 7) is 0. The molecule has 0 atom stereocenters. The zero-order valence-corrected chi connectivity index (χ0v) is 7.27. The molecule has 0 rings (SSSR count). The molecule has 3 nitrogen and oxygen atoms in total. The fourth-order valence-electron chi connectivity index (χ4n) is 0. The molecule has 0 spiro atoms. The van der Waals surface area contributed by atoms with Gasteiger partial charge >= 0.3 is 68.2 Å². The summed E-state index contributed by atoms with van der Waals surface area (Å²) >= 11 is 0. The van der Waals surface area contributed by atoms with Crippen molar-refractivity contribution in [3.63, 3.8) is 0 Å². The normalized spacial score (nSPS) is 4.50. The molecule has 0 fully saturated rings. The van der Waals surface area contributed by atoms with Crippen molar-refractivity contribution in [2.45, 2.75) is 0 Å². The summed E-state index contributed by atoms with van der Waals surface area (Å²) in [5, 5.41) is 25.2. The van der Waals surface area contributed by atoms with Crippen LogP contribution >= 0.6 is 0 Å². The average molecular weight is 241 g/mol. The molecule has 0 radical (unpaired) electrons. The standard InChI is InChI=1S/BO3.Na.Tb/c2-1(3)4;;/q-3;+1;+3. The second-order valence-electron chi connectivity index (χ2n) is 0.289. The summed E-state index contributed by atoms with van der Waals surface area (Å²) in [5.74, 6) is 0. The molecule has 0 saturated heterocycles. The first kappa shape index (κ1) is 15.7. The van der Waals surface area contributed by atoms with E-state index < -0.39 is 7.32 Å². The SMILES string of the molecule is [Na+].[O-]B([O-])[O-].[Tb+3]. The number of hydrogen-bond acceptors (Lipinski definition) is 3. The molecule has 0 aromatic rings. The molecule has 6 heteroatoms. The van der Waals surface area contributed by atoms with E-state index in [1.807, 2.05) is 0 Å². The van der Waals surface area contributed by atoms with Crippen LogP contribution in [0.5, 0.6) is 0 Å². The predicted molar refractivity (Wildman–Crippen MR) is 5.75 cm³/mol. The first-order valence-electron chi connectivity index (χ1n) is 0.707. The first-order chi connectivity index (χ1) is 1.73. The van der Waals surface area contributed by atoms with Gasteiger partial charge in [-0.25, -0.2) is 0 Å². The van der Waals surface area contributed by atoms with Gasteiger partial charge in [-0.1, -0.05) is 0 Å². The molecule has 0 aliphatic heterocycles. The van der Waals surface area contributed by atoms with Crippen molar-refractivity contribution in [1.82, 2.24) is 0 Å². The summed E-state index contributed by atoms with van der Waals surface area (Å²) < 4.78 is 0. The third-order valence-electron chi connectivity index (χ3n) is 0. The zero-order valence-electron chi connectivity index (χ0n) is 3.14. The van der Waals surface area contributed by atoms with Crippen LogP contribution in [0.1, 0.15) is 0 Å². The maximum atomic E-state index is 8.42. The second kappa shape index (κ2) is 10.3. The molecule has 0 saturated carbocycles. The molecule has 0 heterocycles. The number of hydrogen-bond donors (Lipinski definition) is 0. The smallest absolute Gasteiger partial charge is 0.907 e. The summed E-state index contributed by atoms with van der Waals surface area (Å²) in [6.07, 6.45) is 0. The van der Waals surface area contributed by atoms with E-state index in [-0.39, 0.29) is 68.2 Å². The van der Waals surface area contributed by atoms with Gasteiger partial charge in [0.25, 0.3) is 0 Å². The van der Waals surface area contributed by atoms with Gasteiger partial charge in [0.15, 0.2) is 0 Å². The minimum absolute atomic E-state index is 0. The number of rotatable bonds is 0. The molecule has 6 heavy (non-hydrogen) atoms. The van der Waals surface area contributed by atoms with Crippen molar-refractivity contribution in [3.8, 4) is 0 Å². The van der Waals surface area contributed by atoms with Crippen LogP contribution in [0.4, 0.5) is 0 Å². The fourth-order valence-corrected chi connectivity index (χ4v) is 0. The fraction of sp³-hybridized carbons (Fsp3) is 0. The summed E-state index contributed by atoms with van der Waals surface area (Å²) in [4.78, 5) is 0. The van der Waals surface area contributed by atoms with Crippen molar-refractivity contribution in [3.05, 3.63) is 0 Å². The molecular formula is BNaO3Tb+. The molecular weight excluding hydrogens is 241 g/mol. The predicted octanol–water partition coefficient (Wildman–Crippen LogP) is -6.94. The minimum atomic E-state index is -2.92. The third kappa shape index (κ3) is 34.3. The molecule has 0 aliphatic rings. The molecule has 0 aliphatic carbocycles. The van der Waals surface area contributed by atoms with Crippen LogP contribution in [-0.4, -0.2) is 7.32 Å². The molecule has 0 aromatic heterocycles. The Hall–Kier alpha value is 2.23. The Morgan fingerprint density at radius 2 is 1.00 bits per heavy atom. The van der Waals surface area contributed by atoms with E-state index in [2.05, 4.69) is 0 Å². The second-order valence-corrected chi connectivity index (χ2v) is 0.289. The summed E-state index contributed by atoms with van der Waals surface area (Å²) in [5.41, 5.74) is 0. The van der Waals surface area contributed by atoms with E-state index in [9.17, 15) is 0 Å². The van der Waals surface area contributed by atoms with E-state index in [0.717, 1.165) is 0 Å². The van der Waals surface area contributed by atoms with Crippen LogP contribution < -0.4 is 44.6 Å². The molecule has 0 aromatic carbocycles. The van der Waals surface area contributed by atoms with Crippen LogP contribution in [0.2, 0.25) is 0 Å². The minimum Gasteiger partial charge on any atom is -0.907 e. The summed E-state index contributed by atoms with van der Waals surface area (Å²) in [7, 11) is -2.92. The largest absolute Gasteiger partial charge is 3.00 e. The average Bonchev–Trinajstić information content (AvgIpc) is 0.811. The van der Waals surface area contributed by atoms with E-state index in [1.165, 1.54) is 0 Å². The Bertz CT molecular complexity index is 15.5. The molecule has 30 valence electrons. The molecule has 0 unspecified atom stereocenters. The van der Waals surface area contributed by atoms with Crippen LogP contribution in [0.15, 0.2) is 0 Å².